The molecule has 0 aliphatic carbocycles. The van der Waals surface area contributed by atoms with Crippen molar-refractivity contribution in [3.63, 3.8) is 0 Å². The van der Waals surface area contributed by atoms with Crippen molar-refractivity contribution in [1.29, 1.82) is 0 Å². The van der Waals surface area contributed by atoms with Gasteiger partial charge in [0.1, 0.15) is 0 Å². The van der Waals surface area contributed by atoms with Gasteiger partial charge >= 0.3 is 0 Å². The van der Waals surface area contributed by atoms with Crippen molar-refractivity contribution in [1.82, 2.24) is 5.32 Å². The highest BCUT2D eigenvalue weighted by atomic mass is 32.1. The Bertz CT molecular complexity index is 699. The summed E-state index contributed by atoms with van der Waals surface area (Å²) in [7, 11) is 0. The topological polar surface area (TPSA) is 46.2 Å². The molecule has 1 N–H and O–H groups in total. The third-order valence-corrected chi connectivity index (χ3v) is 3.83. The Balaban J connectivity index is 2.11. The van der Waals surface area contributed by atoms with Crippen molar-refractivity contribution in [3.8, 4) is 0 Å². The molecule has 19 heavy (non-hydrogen) atoms. The highest BCUT2D eigenvalue weighted by Crippen LogP contribution is 2.25. The molecule has 0 spiro atoms. The molecule has 1 aromatic carbocycles. The molecule has 1 aliphatic heterocycles. The number of imide groups is 1. The Hall–Kier alpha value is -2.20. The van der Waals surface area contributed by atoms with E-state index >= 15 is 0 Å². The maximum Gasteiger partial charge on any atom is 0.259 e. The standard InChI is InChI=1S/C15H11NO2S/c1-9(11-5-6-19-8-11)7-10-3-2-4-12-13(10)15(18)16-14(12)17/h2-8H,1H3,(H,16,17,18). The van der Waals surface area contributed by atoms with Crippen LogP contribution in [0.5, 0.6) is 0 Å². The van der Waals surface area contributed by atoms with E-state index in [0.717, 1.165) is 16.7 Å². The molecule has 0 bridgehead atoms. The van der Waals surface area contributed by atoms with E-state index in [1.54, 1.807) is 23.5 Å². The summed E-state index contributed by atoms with van der Waals surface area (Å²) in [6.07, 6.45) is 1.94. The van der Waals surface area contributed by atoms with Gasteiger partial charge in [0.25, 0.3) is 11.8 Å². The monoisotopic (exact) mass is 269 g/mol. The lowest BCUT2D eigenvalue weighted by molar-refractivity contribution is 0.0879. The van der Waals surface area contributed by atoms with Crippen LogP contribution in [-0.2, 0) is 0 Å². The maximum atomic E-state index is 11.8. The summed E-state index contributed by atoms with van der Waals surface area (Å²) >= 11 is 1.63. The molecule has 0 saturated carbocycles. The molecule has 3 nitrogen and oxygen atoms in total. The Morgan fingerprint density at radius 1 is 1.21 bits per heavy atom. The van der Waals surface area contributed by atoms with Gasteiger partial charge in [0, 0.05) is 0 Å². The predicted octanol–water partition coefficient (Wildman–Crippen LogP) is 3.19. The summed E-state index contributed by atoms with van der Waals surface area (Å²) in [4.78, 5) is 23.4. The number of hydrogen-bond donors (Lipinski definition) is 1. The van der Waals surface area contributed by atoms with E-state index in [-0.39, 0.29) is 11.8 Å². The van der Waals surface area contributed by atoms with Crippen molar-refractivity contribution in [2.45, 2.75) is 6.92 Å². The third-order valence-electron chi connectivity index (χ3n) is 3.14. The van der Waals surface area contributed by atoms with Crippen LogP contribution >= 0.6 is 11.3 Å². The minimum absolute atomic E-state index is 0.315. The second-order valence-electron chi connectivity index (χ2n) is 4.39. The molecule has 0 saturated heterocycles. The van der Waals surface area contributed by atoms with Crippen LogP contribution in [0.3, 0.4) is 0 Å². The number of thiophene rings is 1. The average Bonchev–Trinajstić information content (AvgIpc) is 3.00. The lowest BCUT2D eigenvalue weighted by Gasteiger charge is -2.03. The lowest BCUT2D eigenvalue weighted by Crippen LogP contribution is -2.20. The van der Waals surface area contributed by atoms with Crippen LogP contribution in [0, 0.1) is 0 Å². The van der Waals surface area contributed by atoms with Crippen molar-refractivity contribution >= 4 is 34.8 Å². The number of carbonyl (C=O) groups excluding carboxylic acids is 2. The van der Waals surface area contributed by atoms with Crippen LogP contribution in [0.4, 0.5) is 0 Å². The van der Waals surface area contributed by atoms with Gasteiger partial charge in [-0.1, -0.05) is 18.2 Å². The molecule has 1 aromatic heterocycles. The smallest absolute Gasteiger partial charge is 0.259 e. The highest BCUT2D eigenvalue weighted by molar-refractivity contribution is 7.08. The number of benzene rings is 1. The first kappa shape index (κ1) is 11.9. The van der Waals surface area contributed by atoms with Crippen LogP contribution < -0.4 is 5.32 Å². The lowest BCUT2D eigenvalue weighted by atomic mass is 9.99. The van der Waals surface area contributed by atoms with Gasteiger partial charge in [0.15, 0.2) is 0 Å². The molecule has 0 radical (unpaired) electrons. The SMILES string of the molecule is CC(=Cc1cccc2c1C(=O)NC2=O)c1ccsc1. The Kier molecular flexibility index (Phi) is 2.80. The van der Waals surface area contributed by atoms with Crippen LogP contribution in [0.2, 0.25) is 0 Å². The molecule has 0 fully saturated rings. The molecule has 94 valence electrons. The summed E-state index contributed by atoms with van der Waals surface area (Å²) < 4.78 is 0. The molecule has 2 amide bonds. The first-order valence-electron chi connectivity index (χ1n) is 5.86. The Labute approximate surface area is 114 Å². The van der Waals surface area contributed by atoms with Gasteiger partial charge in [-0.3, -0.25) is 14.9 Å². The molecule has 0 atom stereocenters. The maximum absolute atomic E-state index is 11.8. The van der Waals surface area contributed by atoms with Gasteiger partial charge in [0.2, 0.25) is 0 Å². The largest absolute Gasteiger partial charge is 0.288 e. The Morgan fingerprint density at radius 3 is 2.79 bits per heavy atom. The predicted molar refractivity (Wildman–Crippen MR) is 76.1 cm³/mol. The summed E-state index contributed by atoms with van der Waals surface area (Å²) in [6.45, 7) is 2.00. The number of allylic oxidation sites excluding steroid dienone is 1. The number of fused-ring (bicyclic) bond motifs is 1. The van der Waals surface area contributed by atoms with Crippen molar-refractivity contribution in [3.05, 3.63) is 57.3 Å². The van der Waals surface area contributed by atoms with Gasteiger partial charge in [-0.25, -0.2) is 0 Å². The summed E-state index contributed by atoms with van der Waals surface area (Å²) in [5.41, 5.74) is 3.91. The molecule has 0 unspecified atom stereocenters. The van der Waals surface area contributed by atoms with E-state index in [4.69, 9.17) is 0 Å². The number of carbonyl (C=O) groups is 2. The van der Waals surface area contributed by atoms with Crippen LogP contribution in [-0.4, -0.2) is 11.8 Å². The van der Waals surface area contributed by atoms with E-state index < -0.39 is 0 Å². The second kappa shape index (κ2) is 4.48. The van der Waals surface area contributed by atoms with Gasteiger partial charge in [0.05, 0.1) is 11.1 Å². The normalized spacial score (nSPS) is 14.5. The molecular formula is C15H11NO2S. The molecule has 4 heteroatoms. The van der Waals surface area contributed by atoms with Crippen LogP contribution in [0.15, 0.2) is 35.0 Å². The molecule has 3 rings (SSSR count). The fourth-order valence-corrected chi connectivity index (χ4v) is 2.89. The minimum atomic E-state index is -0.316. The number of amides is 2. The zero-order valence-corrected chi connectivity index (χ0v) is 11.1. The highest BCUT2D eigenvalue weighted by Gasteiger charge is 2.28. The quantitative estimate of drug-likeness (QED) is 0.851. The first-order chi connectivity index (χ1) is 9.16. The fraction of sp³-hybridized carbons (Fsp3) is 0.0667. The van der Waals surface area contributed by atoms with E-state index in [9.17, 15) is 9.59 Å². The van der Waals surface area contributed by atoms with E-state index in [1.165, 1.54) is 0 Å². The van der Waals surface area contributed by atoms with Gasteiger partial charge in [-0.15, -0.1) is 0 Å². The minimum Gasteiger partial charge on any atom is -0.288 e. The van der Waals surface area contributed by atoms with Gasteiger partial charge in [-0.05, 0) is 46.5 Å². The third kappa shape index (κ3) is 2.00. The van der Waals surface area contributed by atoms with Gasteiger partial charge in [-0.2, -0.15) is 11.3 Å². The van der Waals surface area contributed by atoms with Crippen LogP contribution in [0.25, 0.3) is 11.6 Å². The zero-order chi connectivity index (χ0) is 13.4. The molecular weight excluding hydrogens is 258 g/mol. The summed E-state index contributed by atoms with van der Waals surface area (Å²) in [5.74, 6) is -0.631. The van der Waals surface area contributed by atoms with E-state index in [0.29, 0.717) is 11.1 Å². The van der Waals surface area contributed by atoms with E-state index in [2.05, 4.69) is 10.7 Å². The van der Waals surface area contributed by atoms with Crippen molar-refractivity contribution in [2.24, 2.45) is 0 Å². The fourth-order valence-electron chi connectivity index (χ4n) is 2.17. The first-order valence-corrected chi connectivity index (χ1v) is 6.80. The van der Waals surface area contributed by atoms with Crippen LogP contribution in [0.1, 0.15) is 38.8 Å². The second-order valence-corrected chi connectivity index (χ2v) is 5.17. The summed E-state index contributed by atoms with van der Waals surface area (Å²) in [5, 5.41) is 6.39. The number of hydrogen-bond acceptors (Lipinski definition) is 3. The van der Waals surface area contributed by atoms with E-state index in [1.807, 2.05) is 30.5 Å². The molecule has 1 aliphatic rings. The number of rotatable bonds is 2. The Morgan fingerprint density at radius 2 is 2.05 bits per heavy atom. The van der Waals surface area contributed by atoms with Gasteiger partial charge < -0.3 is 0 Å². The zero-order valence-electron chi connectivity index (χ0n) is 10.3. The summed E-state index contributed by atoms with van der Waals surface area (Å²) in [6, 6.07) is 7.36. The van der Waals surface area contributed by atoms with Crippen molar-refractivity contribution < 1.29 is 9.59 Å². The molecule has 2 heterocycles. The average molecular weight is 269 g/mol. The number of nitrogens with one attached hydrogen (secondary N) is 1. The van der Waals surface area contributed by atoms with Crippen molar-refractivity contribution in [2.75, 3.05) is 0 Å². The molecule has 2 aromatic rings.